The van der Waals surface area contributed by atoms with Crippen LogP contribution in [-0.2, 0) is 0 Å². The average molecular weight is 343 g/mol. The average Bonchev–Trinajstić information content (AvgIpc) is 3.06. The number of carbonyl (C=O) groups is 1. The van der Waals surface area contributed by atoms with Gasteiger partial charge in [-0.25, -0.2) is 4.98 Å². The molecule has 0 atom stereocenters. The van der Waals surface area contributed by atoms with Crippen LogP contribution >= 0.6 is 0 Å². The minimum Gasteiger partial charge on any atom is -0.459 e. The van der Waals surface area contributed by atoms with Crippen LogP contribution in [0.3, 0.4) is 0 Å². The van der Waals surface area contributed by atoms with Crippen molar-refractivity contribution in [3.8, 4) is 0 Å². The molecule has 0 spiro atoms. The van der Waals surface area contributed by atoms with E-state index < -0.39 is 0 Å². The molecule has 0 aliphatic carbocycles. The third-order valence-electron chi connectivity index (χ3n) is 3.95. The van der Waals surface area contributed by atoms with Gasteiger partial charge in [-0.2, -0.15) is 4.98 Å². The molecule has 7 heteroatoms. The predicted molar refractivity (Wildman–Crippen MR) is 97.0 cm³/mol. The molecule has 1 fully saturated rings. The maximum atomic E-state index is 12.3. The van der Waals surface area contributed by atoms with Gasteiger partial charge in [0.05, 0.1) is 6.26 Å². The molecular formula is C18H25N5O2. The first-order chi connectivity index (χ1) is 11.8. The Morgan fingerprint density at radius 2 is 1.92 bits per heavy atom. The maximum absolute atomic E-state index is 12.3. The number of hydrogen-bond donors (Lipinski definition) is 1. The standard InChI is InChI=1S/C18H25N5O2/c1-13-12-15(20-17(19-13)21-18(2,3)4)22-7-9-23(10-8-22)16(24)14-6-5-11-25-14/h5-6,11-12H,7-10H2,1-4H3,(H,19,20,21). The van der Waals surface area contributed by atoms with Crippen molar-refractivity contribution in [1.82, 2.24) is 14.9 Å². The molecule has 2 aromatic rings. The van der Waals surface area contributed by atoms with E-state index in [0.717, 1.165) is 24.6 Å². The molecule has 0 saturated carbocycles. The van der Waals surface area contributed by atoms with Crippen LogP contribution in [0.25, 0.3) is 0 Å². The number of aryl methyl sites for hydroxylation is 1. The summed E-state index contributed by atoms with van der Waals surface area (Å²) in [6, 6.07) is 5.42. The molecule has 1 N–H and O–H groups in total. The number of hydrogen-bond acceptors (Lipinski definition) is 6. The lowest BCUT2D eigenvalue weighted by molar-refractivity contribution is 0.0714. The van der Waals surface area contributed by atoms with Gasteiger partial charge in [0.1, 0.15) is 5.82 Å². The van der Waals surface area contributed by atoms with Crippen molar-refractivity contribution in [2.24, 2.45) is 0 Å². The fraction of sp³-hybridized carbons (Fsp3) is 0.500. The number of piperazine rings is 1. The smallest absolute Gasteiger partial charge is 0.289 e. The van der Waals surface area contributed by atoms with E-state index in [1.165, 1.54) is 6.26 Å². The first-order valence-electron chi connectivity index (χ1n) is 8.53. The molecule has 1 aliphatic heterocycles. The Balaban J connectivity index is 1.67. The molecule has 0 unspecified atom stereocenters. The van der Waals surface area contributed by atoms with Gasteiger partial charge in [0.15, 0.2) is 5.76 Å². The van der Waals surface area contributed by atoms with Crippen molar-refractivity contribution in [3.05, 3.63) is 35.9 Å². The van der Waals surface area contributed by atoms with Crippen LogP contribution in [0.1, 0.15) is 37.0 Å². The molecule has 25 heavy (non-hydrogen) atoms. The zero-order valence-electron chi connectivity index (χ0n) is 15.2. The summed E-state index contributed by atoms with van der Waals surface area (Å²) < 4.78 is 5.20. The number of anilines is 2. The van der Waals surface area contributed by atoms with E-state index in [1.54, 1.807) is 12.1 Å². The monoisotopic (exact) mass is 343 g/mol. The van der Waals surface area contributed by atoms with E-state index in [0.29, 0.717) is 24.8 Å². The van der Waals surface area contributed by atoms with Crippen LogP contribution in [0, 0.1) is 6.92 Å². The maximum Gasteiger partial charge on any atom is 0.289 e. The summed E-state index contributed by atoms with van der Waals surface area (Å²) in [6.45, 7) is 11.0. The highest BCUT2D eigenvalue weighted by molar-refractivity contribution is 5.91. The summed E-state index contributed by atoms with van der Waals surface area (Å²) in [7, 11) is 0. The highest BCUT2D eigenvalue weighted by atomic mass is 16.3. The lowest BCUT2D eigenvalue weighted by Gasteiger charge is -2.35. The molecule has 134 valence electrons. The van der Waals surface area contributed by atoms with E-state index in [-0.39, 0.29) is 11.4 Å². The van der Waals surface area contributed by atoms with Crippen molar-refractivity contribution in [1.29, 1.82) is 0 Å². The number of aromatic nitrogens is 2. The molecule has 0 aromatic carbocycles. The summed E-state index contributed by atoms with van der Waals surface area (Å²) in [5.74, 6) is 1.86. The number of rotatable bonds is 3. The lowest BCUT2D eigenvalue weighted by Crippen LogP contribution is -2.49. The normalized spacial score (nSPS) is 15.4. The van der Waals surface area contributed by atoms with Crippen LogP contribution in [-0.4, -0.2) is 52.5 Å². The van der Waals surface area contributed by atoms with Crippen molar-refractivity contribution in [3.63, 3.8) is 0 Å². The van der Waals surface area contributed by atoms with Crippen LogP contribution in [0.5, 0.6) is 0 Å². The summed E-state index contributed by atoms with van der Waals surface area (Å²) in [6.07, 6.45) is 1.52. The van der Waals surface area contributed by atoms with Gasteiger partial charge < -0.3 is 19.5 Å². The van der Waals surface area contributed by atoms with Gasteiger partial charge in [0, 0.05) is 43.5 Å². The predicted octanol–water partition coefficient (Wildman–Crippen LogP) is 2.55. The van der Waals surface area contributed by atoms with Crippen LogP contribution in [0.4, 0.5) is 11.8 Å². The Kier molecular flexibility index (Phi) is 4.65. The third-order valence-corrected chi connectivity index (χ3v) is 3.95. The second-order valence-corrected chi connectivity index (χ2v) is 7.32. The fourth-order valence-electron chi connectivity index (χ4n) is 2.80. The van der Waals surface area contributed by atoms with Gasteiger partial charge in [-0.05, 0) is 39.8 Å². The van der Waals surface area contributed by atoms with Crippen LogP contribution in [0.15, 0.2) is 28.9 Å². The third kappa shape index (κ3) is 4.29. The van der Waals surface area contributed by atoms with Crippen molar-refractivity contribution < 1.29 is 9.21 Å². The SMILES string of the molecule is Cc1cc(N2CCN(C(=O)c3ccco3)CC2)nc(NC(C)(C)C)n1. The van der Waals surface area contributed by atoms with Crippen molar-refractivity contribution >= 4 is 17.7 Å². The first-order valence-corrected chi connectivity index (χ1v) is 8.53. The van der Waals surface area contributed by atoms with Gasteiger partial charge in [-0.3, -0.25) is 4.79 Å². The van der Waals surface area contributed by atoms with Gasteiger partial charge in [0.2, 0.25) is 5.95 Å². The molecule has 2 aromatic heterocycles. The largest absolute Gasteiger partial charge is 0.459 e. The summed E-state index contributed by atoms with van der Waals surface area (Å²) in [4.78, 5) is 25.5. The van der Waals surface area contributed by atoms with Crippen LogP contribution < -0.4 is 10.2 Å². The minimum absolute atomic E-state index is 0.0568. The van der Waals surface area contributed by atoms with Gasteiger partial charge in [-0.1, -0.05) is 0 Å². The Morgan fingerprint density at radius 1 is 1.20 bits per heavy atom. The molecule has 0 bridgehead atoms. The number of furan rings is 1. The van der Waals surface area contributed by atoms with Crippen molar-refractivity contribution in [2.45, 2.75) is 33.2 Å². The van der Waals surface area contributed by atoms with E-state index >= 15 is 0 Å². The summed E-state index contributed by atoms with van der Waals surface area (Å²) >= 11 is 0. The molecule has 1 saturated heterocycles. The first kappa shape index (κ1) is 17.3. The molecule has 0 radical (unpaired) electrons. The van der Waals surface area contributed by atoms with E-state index in [2.05, 4.69) is 41.0 Å². The summed E-state index contributed by atoms with van der Waals surface area (Å²) in [5, 5.41) is 3.32. The summed E-state index contributed by atoms with van der Waals surface area (Å²) in [5.41, 5.74) is 0.824. The quantitative estimate of drug-likeness (QED) is 0.923. The molecule has 7 nitrogen and oxygen atoms in total. The highest BCUT2D eigenvalue weighted by Crippen LogP contribution is 2.19. The Morgan fingerprint density at radius 3 is 2.52 bits per heavy atom. The van der Waals surface area contributed by atoms with E-state index in [4.69, 9.17) is 4.42 Å². The second-order valence-electron chi connectivity index (χ2n) is 7.32. The van der Waals surface area contributed by atoms with Gasteiger partial charge in [-0.15, -0.1) is 0 Å². The molecule has 3 rings (SSSR count). The molecular weight excluding hydrogens is 318 g/mol. The highest BCUT2D eigenvalue weighted by Gasteiger charge is 2.25. The van der Waals surface area contributed by atoms with Gasteiger partial charge in [0.25, 0.3) is 5.91 Å². The zero-order chi connectivity index (χ0) is 18.0. The lowest BCUT2D eigenvalue weighted by atomic mass is 10.1. The Hall–Kier alpha value is -2.57. The van der Waals surface area contributed by atoms with Gasteiger partial charge >= 0.3 is 0 Å². The zero-order valence-corrected chi connectivity index (χ0v) is 15.2. The minimum atomic E-state index is -0.0980. The number of nitrogens with one attached hydrogen (secondary N) is 1. The fourth-order valence-corrected chi connectivity index (χ4v) is 2.80. The molecule has 1 aliphatic rings. The van der Waals surface area contributed by atoms with Crippen LogP contribution in [0.2, 0.25) is 0 Å². The Bertz CT molecular complexity index is 728. The van der Waals surface area contributed by atoms with E-state index in [9.17, 15) is 4.79 Å². The number of carbonyl (C=O) groups excluding carboxylic acids is 1. The molecule has 1 amide bonds. The second kappa shape index (κ2) is 6.74. The van der Waals surface area contributed by atoms with E-state index in [1.807, 2.05) is 17.9 Å². The molecule has 3 heterocycles. The van der Waals surface area contributed by atoms with Crippen molar-refractivity contribution in [2.75, 3.05) is 36.4 Å². The topological polar surface area (TPSA) is 74.5 Å². The Labute approximate surface area is 148 Å². The number of nitrogens with zero attached hydrogens (tertiary/aromatic N) is 4. The number of amides is 1.